The lowest BCUT2D eigenvalue weighted by Crippen LogP contribution is -2.10. The number of methoxy groups -OCH3 is 2. The first kappa shape index (κ1) is 20.3. The quantitative estimate of drug-likeness (QED) is 0.431. The molecule has 7 heteroatoms. The molecule has 0 aliphatic carbocycles. The summed E-state index contributed by atoms with van der Waals surface area (Å²) in [5, 5.41) is 5.48. The Labute approximate surface area is 180 Å². The number of rotatable bonds is 8. The number of nitrogens with two attached hydrogens (primary N) is 1. The van der Waals surface area contributed by atoms with E-state index in [-0.39, 0.29) is 0 Å². The normalized spacial score (nSPS) is 10.6. The van der Waals surface area contributed by atoms with Crippen LogP contribution in [0.25, 0.3) is 10.8 Å². The number of fused-ring (bicyclic) bond motifs is 1. The number of benzene rings is 3. The van der Waals surface area contributed by atoms with Crippen LogP contribution in [0.4, 0.5) is 11.5 Å². The lowest BCUT2D eigenvalue weighted by Gasteiger charge is -2.13. The molecule has 0 spiro atoms. The lowest BCUT2D eigenvalue weighted by molar-refractivity contribution is 0.354. The van der Waals surface area contributed by atoms with Gasteiger partial charge in [-0.2, -0.15) is 4.98 Å². The van der Waals surface area contributed by atoms with Crippen LogP contribution in [0.3, 0.4) is 0 Å². The maximum absolute atomic E-state index is 6.26. The van der Waals surface area contributed by atoms with Crippen LogP contribution in [0, 0.1) is 0 Å². The predicted molar refractivity (Wildman–Crippen MR) is 122 cm³/mol. The van der Waals surface area contributed by atoms with Crippen molar-refractivity contribution in [2.75, 3.05) is 31.8 Å². The van der Waals surface area contributed by atoms with Crippen LogP contribution in [0.2, 0.25) is 0 Å². The Balaban J connectivity index is 1.43. The summed E-state index contributed by atoms with van der Waals surface area (Å²) in [6.07, 6.45) is 2.19. The number of nitrogens with zero attached hydrogens (tertiary/aromatic N) is 2. The number of anilines is 2. The second kappa shape index (κ2) is 9.21. The molecule has 0 saturated heterocycles. The van der Waals surface area contributed by atoms with Crippen LogP contribution in [0.5, 0.6) is 23.1 Å². The average Bonchev–Trinajstić information content (AvgIpc) is 2.81. The molecular formula is C24H24N4O3. The van der Waals surface area contributed by atoms with Crippen molar-refractivity contribution in [1.82, 2.24) is 9.97 Å². The monoisotopic (exact) mass is 416 g/mol. The molecule has 0 unspecified atom stereocenters. The molecule has 0 radical (unpaired) electrons. The highest BCUT2D eigenvalue weighted by Crippen LogP contribution is 2.31. The first-order chi connectivity index (χ1) is 15.2. The summed E-state index contributed by atoms with van der Waals surface area (Å²) >= 11 is 0. The Morgan fingerprint density at radius 3 is 2.48 bits per heavy atom. The van der Waals surface area contributed by atoms with Gasteiger partial charge in [0, 0.05) is 6.54 Å². The van der Waals surface area contributed by atoms with Gasteiger partial charge in [0.15, 0.2) is 17.3 Å². The van der Waals surface area contributed by atoms with Crippen LogP contribution >= 0.6 is 0 Å². The van der Waals surface area contributed by atoms with E-state index in [0.717, 1.165) is 22.8 Å². The van der Waals surface area contributed by atoms with Crippen molar-refractivity contribution in [3.8, 4) is 23.1 Å². The number of ether oxygens (including phenoxy) is 3. The van der Waals surface area contributed by atoms with Gasteiger partial charge in [-0.15, -0.1) is 0 Å². The Morgan fingerprint density at radius 2 is 1.68 bits per heavy atom. The summed E-state index contributed by atoms with van der Waals surface area (Å²) < 4.78 is 16.6. The Hall–Kier alpha value is -4.00. The molecule has 3 aromatic carbocycles. The van der Waals surface area contributed by atoms with E-state index in [1.165, 1.54) is 6.33 Å². The van der Waals surface area contributed by atoms with Gasteiger partial charge in [0.05, 0.1) is 14.2 Å². The molecule has 158 valence electrons. The molecule has 0 amide bonds. The summed E-state index contributed by atoms with van der Waals surface area (Å²) in [7, 11) is 3.24. The van der Waals surface area contributed by atoms with Crippen molar-refractivity contribution < 1.29 is 14.2 Å². The second-order valence-corrected chi connectivity index (χ2v) is 6.92. The smallest absolute Gasteiger partial charge is 0.248 e. The molecule has 4 rings (SSSR count). The number of nitrogens with one attached hydrogen (secondary N) is 1. The number of hydrogen-bond acceptors (Lipinski definition) is 7. The zero-order chi connectivity index (χ0) is 21.6. The fourth-order valence-electron chi connectivity index (χ4n) is 3.31. The summed E-state index contributed by atoms with van der Waals surface area (Å²) in [4.78, 5) is 8.44. The van der Waals surface area contributed by atoms with E-state index in [9.17, 15) is 0 Å². The van der Waals surface area contributed by atoms with E-state index in [4.69, 9.17) is 19.9 Å². The number of aromatic nitrogens is 2. The molecule has 0 aliphatic rings. The Morgan fingerprint density at radius 1 is 0.871 bits per heavy atom. The third kappa shape index (κ3) is 4.61. The van der Waals surface area contributed by atoms with Crippen molar-refractivity contribution in [2.24, 2.45) is 0 Å². The average molecular weight is 416 g/mol. The minimum Gasteiger partial charge on any atom is -0.493 e. The fourth-order valence-corrected chi connectivity index (χ4v) is 3.31. The minimum absolute atomic E-state index is 0.318. The molecule has 31 heavy (non-hydrogen) atoms. The van der Waals surface area contributed by atoms with Gasteiger partial charge in [-0.25, -0.2) is 4.98 Å². The Bertz CT molecular complexity index is 1200. The van der Waals surface area contributed by atoms with Crippen LogP contribution in [-0.2, 0) is 6.42 Å². The van der Waals surface area contributed by atoms with Gasteiger partial charge in [-0.3, -0.25) is 0 Å². The highest BCUT2D eigenvalue weighted by molar-refractivity contribution is 5.83. The van der Waals surface area contributed by atoms with Gasteiger partial charge in [0.2, 0.25) is 5.88 Å². The number of nitrogen functional groups attached to an aromatic ring is 1. The van der Waals surface area contributed by atoms with E-state index < -0.39 is 0 Å². The fraction of sp³-hybridized carbons (Fsp3) is 0.167. The summed E-state index contributed by atoms with van der Waals surface area (Å²) in [6, 6.07) is 19.8. The van der Waals surface area contributed by atoms with E-state index in [1.54, 1.807) is 14.2 Å². The second-order valence-electron chi connectivity index (χ2n) is 6.92. The van der Waals surface area contributed by atoms with Gasteiger partial charge >= 0.3 is 0 Å². The molecule has 0 bridgehead atoms. The van der Waals surface area contributed by atoms with Crippen molar-refractivity contribution in [3.05, 3.63) is 72.6 Å². The van der Waals surface area contributed by atoms with Crippen molar-refractivity contribution in [1.29, 1.82) is 0 Å². The Kier molecular flexibility index (Phi) is 6.03. The van der Waals surface area contributed by atoms with Crippen LogP contribution < -0.4 is 25.3 Å². The van der Waals surface area contributed by atoms with Crippen LogP contribution in [-0.4, -0.2) is 30.7 Å². The topological polar surface area (TPSA) is 91.5 Å². The van der Waals surface area contributed by atoms with Crippen LogP contribution in [0.1, 0.15) is 5.56 Å². The van der Waals surface area contributed by atoms with Gasteiger partial charge in [0.1, 0.15) is 17.8 Å². The molecule has 7 nitrogen and oxygen atoms in total. The molecule has 1 aromatic heterocycles. The zero-order valence-electron chi connectivity index (χ0n) is 17.5. The first-order valence-corrected chi connectivity index (χ1v) is 9.90. The molecular weight excluding hydrogens is 392 g/mol. The summed E-state index contributed by atoms with van der Waals surface area (Å²) in [5.74, 6) is 2.92. The molecule has 3 N–H and O–H groups in total. The maximum Gasteiger partial charge on any atom is 0.248 e. The molecule has 0 atom stereocenters. The molecule has 4 aromatic rings. The highest BCUT2D eigenvalue weighted by Gasteiger charge is 2.11. The molecule has 0 aliphatic heterocycles. The third-order valence-electron chi connectivity index (χ3n) is 4.94. The largest absolute Gasteiger partial charge is 0.493 e. The lowest BCUT2D eigenvalue weighted by atomic mass is 10.1. The molecule has 1 heterocycles. The summed E-state index contributed by atoms with van der Waals surface area (Å²) in [6.45, 7) is 0.631. The summed E-state index contributed by atoms with van der Waals surface area (Å²) in [5.41, 5.74) is 7.72. The minimum atomic E-state index is 0.318. The van der Waals surface area contributed by atoms with Gasteiger partial charge < -0.3 is 25.3 Å². The van der Waals surface area contributed by atoms with E-state index in [1.807, 2.05) is 54.6 Å². The van der Waals surface area contributed by atoms with Crippen molar-refractivity contribution in [3.63, 3.8) is 0 Å². The first-order valence-electron chi connectivity index (χ1n) is 9.90. The van der Waals surface area contributed by atoms with Gasteiger partial charge in [-0.1, -0.05) is 36.4 Å². The van der Waals surface area contributed by atoms with E-state index >= 15 is 0 Å². The van der Waals surface area contributed by atoms with Crippen molar-refractivity contribution in [2.45, 2.75) is 6.42 Å². The van der Waals surface area contributed by atoms with Crippen molar-refractivity contribution >= 4 is 22.3 Å². The van der Waals surface area contributed by atoms with Gasteiger partial charge in [-0.05, 0) is 47.0 Å². The highest BCUT2D eigenvalue weighted by atomic mass is 16.5. The molecule has 0 saturated carbocycles. The molecule has 0 fully saturated rings. The van der Waals surface area contributed by atoms with Crippen LogP contribution in [0.15, 0.2) is 67.0 Å². The maximum atomic E-state index is 6.26. The standard InChI is InChI=1S/C24H24N4O3/c1-29-20-10-7-16(13-21(20)30-2)11-12-26-23-22(25)24(28-15-27-23)31-19-9-8-17-5-3-4-6-18(17)14-19/h3-10,13-15H,11-12,25H2,1-2H3,(H,26,27,28). The predicted octanol–water partition coefficient (Wildman–Crippen LogP) is 4.68. The van der Waals surface area contributed by atoms with Gasteiger partial charge in [0.25, 0.3) is 0 Å². The third-order valence-corrected chi connectivity index (χ3v) is 4.94. The SMILES string of the molecule is COc1ccc(CCNc2ncnc(Oc3ccc4ccccc4c3)c2N)cc1OC. The number of hydrogen-bond donors (Lipinski definition) is 2. The van der Waals surface area contributed by atoms with E-state index in [2.05, 4.69) is 21.4 Å². The van der Waals surface area contributed by atoms with E-state index in [0.29, 0.717) is 41.2 Å². The zero-order valence-corrected chi connectivity index (χ0v) is 17.5.